The van der Waals surface area contributed by atoms with Gasteiger partial charge in [0, 0.05) is 11.1 Å². The van der Waals surface area contributed by atoms with Crippen LogP contribution in [0.5, 0.6) is 0 Å². The van der Waals surface area contributed by atoms with Crippen LogP contribution in [0.15, 0.2) is 163 Å². The van der Waals surface area contributed by atoms with Gasteiger partial charge in [-0.05, 0) is 75.0 Å². The zero-order valence-corrected chi connectivity index (χ0v) is 25.1. The monoisotopic (exact) mass is 547 g/mol. The summed E-state index contributed by atoms with van der Waals surface area (Å²) in [4.78, 5) is 0. The highest BCUT2D eigenvalue weighted by Gasteiger charge is 2.27. The SMILES string of the molecule is C=C1/C=C(c2ccc(C(/C=C(\N)c3ccccc3)=C/C(C)c3ccccc3)cc2)\C=C/CC2=C(C=CCC=C2)C1(C)C. The first-order valence-electron chi connectivity index (χ1n) is 14.9. The Bertz CT molecular complexity index is 1630. The van der Waals surface area contributed by atoms with Gasteiger partial charge in [-0.15, -0.1) is 0 Å². The number of hydrogen-bond donors (Lipinski definition) is 1. The van der Waals surface area contributed by atoms with E-state index in [0.717, 1.165) is 40.8 Å². The molecule has 2 aliphatic carbocycles. The fraction of sp³-hybridized carbons (Fsp3) is 0.171. The highest BCUT2D eigenvalue weighted by atomic mass is 14.6. The fourth-order valence-corrected chi connectivity index (χ4v) is 5.63. The second kappa shape index (κ2) is 12.9. The maximum absolute atomic E-state index is 6.62. The minimum atomic E-state index is -0.166. The lowest BCUT2D eigenvalue weighted by Crippen LogP contribution is -2.17. The van der Waals surface area contributed by atoms with Crippen LogP contribution in [-0.2, 0) is 0 Å². The molecule has 2 N–H and O–H groups in total. The van der Waals surface area contributed by atoms with Crippen molar-refractivity contribution in [3.63, 3.8) is 0 Å². The lowest BCUT2D eigenvalue weighted by molar-refractivity contribution is 0.563. The summed E-state index contributed by atoms with van der Waals surface area (Å²) < 4.78 is 0. The van der Waals surface area contributed by atoms with Gasteiger partial charge in [0.2, 0.25) is 0 Å². The van der Waals surface area contributed by atoms with Crippen LogP contribution < -0.4 is 5.73 Å². The van der Waals surface area contributed by atoms with Crippen LogP contribution in [0.3, 0.4) is 0 Å². The Morgan fingerprint density at radius 2 is 1.48 bits per heavy atom. The molecule has 0 saturated carbocycles. The molecule has 3 aromatic carbocycles. The highest BCUT2D eigenvalue weighted by molar-refractivity contribution is 5.85. The first kappa shape index (κ1) is 28.9. The molecule has 0 spiro atoms. The topological polar surface area (TPSA) is 26.0 Å². The van der Waals surface area contributed by atoms with Gasteiger partial charge in [0.05, 0.1) is 0 Å². The van der Waals surface area contributed by atoms with E-state index in [1.807, 2.05) is 18.2 Å². The van der Waals surface area contributed by atoms with Crippen molar-refractivity contribution >= 4 is 16.8 Å². The van der Waals surface area contributed by atoms with E-state index in [1.165, 1.54) is 27.8 Å². The predicted octanol–water partition coefficient (Wildman–Crippen LogP) is 10.6. The molecule has 0 amide bonds. The summed E-state index contributed by atoms with van der Waals surface area (Å²) in [5, 5.41) is 0. The van der Waals surface area contributed by atoms with E-state index < -0.39 is 0 Å². The number of allylic oxidation sites excluding steroid dienone is 14. The van der Waals surface area contributed by atoms with Crippen molar-refractivity contribution in [3.05, 3.63) is 185 Å². The van der Waals surface area contributed by atoms with Crippen molar-refractivity contribution in [2.45, 2.75) is 39.5 Å². The minimum absolute atomic E-state index is 0.166. The first-order chi connectivity index (χ1) is 20.3. The Morgan fingerprint density at radius 1 is 0.810 bits per heavy atom. The van der Waals surface area contributed by atoms with Crippen molar-refractivity contribution in [3.8, 4) is 0 Å². The van der Waals surface area contributed by atoms with E-state index in [2.05, 4.69) is 149 Å². The Morgan fingerprint density at radius 3 is 2.19 bits per heavy atom. The van der Waals surface area contributed by atoms with Crippen LogP contribution in [-0.4, -0.2) is 0 Å². The molecule has 1 unspecified atom stereocenters. The van der Waals surface area contributed by atoms with Crippen LogP contribution in [0, 0.1) is 5.41 Å². The van der Waals surface area contributed by atoms with E-state index in [9.17, 15) is 0 Å². The number of rotatable bonds is 6. The summed E-state index contributed by atoms with van der Waals surface area (Å²) >= 11 is 0. The predicted molar refractivity (Wildman–Crippen MR) is 182 cm³/mol. The molecular weight excluding hydrogens is 506 g/mol. The molecule has 1 heteroatoms. The number of benzene rings is 3. The van der Waals surface area contributed by atoms with Gasteiger partial charge in [0.1, 0.15) is 0 Å². The molecule has 0 radical (unpaired) electrons. The van der Waals surface area contributed by atoms with Gasteiger partial charge in [0.25, 0.3) is 0 Å². The van der Waals surface area contributed by atoms with E-state index in [0.29, 0.717) is 0 Å². The number of hydrogen-bond acceptors (Lipinski definition) is 1. The Kier molecular flexibility index (Phi) is 8.88. The van der Waals surface area contributed by atoms with Crippen LogP contribution >= 0.6 is 0 Å². The quantitative estimate of drug-likeness (QED) is 0.305. The second-order valence-corrected chi connectivity index (χ2v) is 11.7. The maximum atomic E-state index is 6.62. The molecular formula is C41H41N. The van der Waals surface area contributed by atoms with Crippen molar-refractivity contribution in [1.29, 1.82) is 0 Å². The summed E-state index contributed by atoms with van der Waals surface area (Å²) in [5.41, 5.74) is 17.9. The van der Waals surface area contributed by atoms with Crippen LogP contribution in [0.1, 0.15) is 61.8 Å². The van der Waals surface area contributed by atoms with Crippen molar-refractivity contribution in [2.24, 2.45) is 11.1 Å². The normalized spacial score (nSPS) is 20.0. The molecule has 0 aliphatic heterocycles. The molecule has 3 aromatic rings. The third kappa shape index (κ3) is 6.64. The lowest BCUT2D eigenvalue weighted by Gasteiger charge is -2.29. The molecule has 5 rings (SSSR count). The molecule has 2 aliphatic rings. The number of nitrogens with two attached hydrogens (primary N) is 1. The molecule has 0 saturated heterocycles. The third-order valence-electron chi connectivity index (χ3n) is 8.39. The molecule has 0 heterocycles. The second-order valence-electron chi connectivity index (χ2n) is 11.7. The Labute approximate surface area is 252 Å². The fourth-order valence-electron chi connectivity index (χ4n) is 5.63. The molecule has 0 aromatic heterocycles. The largest absolute Gasteiger partial charge is 0.398 e. The van der Waals surface area contributed by atoms with Crippen molar-refractivity contribution in [2.75, 3.05) is 0 Å². The highest BCUT2D eigenvalue weighted by Crippen LogP contribution is 2.41. The Hall–Kier alpha value is -4.62. The van der Waals surface area contributed by atoms with Gasteiger partial charge >= 0.3 is 0 Å². The van der Waals surface area contributed by atoms with Crippen LogP contribution in [0.2, 0.25) is 0 Å². The lowest BCUT2D eigenvalue weighted by atomic mass is 9.74. The van der Waals surface area contributed by atoms with Gasteiger partial charge in [-0.25, -0.2) is 0 Å². The smallest absolute Gasteiger partial charge is 0.0393 e. The molecule has 0 bridgehead atoms. The van der Waals surface area contributed by atoms with Gasteiger partial charge in [0.15, 0.2) is 0 Å². The van der Waals surface area contributed by atoms with Gasteiger partial charge < -0.3 is 5.73 Å². The molecule has 1 atom stereocenters. The summed E-state index contributed by atoms with van der Waals surface area (Å²) in [7, 11) is 0. The molecule has 1 nitrogen and oxygen atoms in total. The molecule has 42 heavy (non-hydrogen) atoms. The zero-order chi connectivity index (χ0) is 29.5. The minimum Gasteiger partial charge on any atom is -0.398 e. The summed E-state index contributed by atoms with van der Waals surface area (Å²) in [6, 6.07) is 29.6. The third-order valence-corrected chi connectivity index (χ3v) is 8.39. The maximum Gasteiger partial charge on any atom is 0.0393 e. The Balaban J connectivity index is 1.50. The van der Waals surface area contributed by atoms with E-state index >= 15 is 0 Å². The summed E-state index contributed by atoms with van der Waals surface area (Å²) in [6.07, 6.45) is 22.1. The van der Waals surface area contributed by atoms with Crippen LogP contribution in [0.4, 0.5) is 0 Å². The summed E-state index contributed by atoms with van der Waals surface area (Å²) in [5.74, 6) is 0.233. The molecule has 0 fully saturated rings. The van der Waals surface area contributed by atoms with E-state index in [-0.39, 0.29) is 11.3 Å². The molecule has 210 valence electrons. The summed E-state index contributed by atoms with van der Waals surface area (Å²) in [6.45, 7) is 11.3. The van der Waals surface area contributed by atoms with Gasteiger partial charge in [-0.3, -0.25) is 0 Å². The van der Waals surface area contributed by atoms with Crippen molar-refractivity contribution in [1.82, 2.24) is 0 Å². The zero-order valence-electron chi connectivity index (χ0n) is 25.1. The van der Waals surface area contributed by atoms with E-state index in [4.69, 9.17) is 5.73 Å². The first-order valence-corrected chi connectivity index (χ1v) is 14.9. The van der Waals surface area contributed by atoms with Gasteiger partial charge in [-0.2, -0.15) is 0 Å². The van der Waals surface area contributed by atoms with Crippen molar-refractivity contribution < 1.29 is 0 Å². The standard InChI is InChI=1S/C41H41N/c1-30(32-15-8-5-9-16-32)27-38(29-40(42)36-18-11-6-12-19-36)34-25-23-33(24-26-34)37-21-14-20-35-17-10-7-13-22-39(35)41(3,4)31(2)28-37/h5-6,8-19,21-30H,2,7,20,42H2,1,3-4H3/b21-14-,37-28+,38-27+,40-29-. The average molecular weight is 548 g/mol. The average Bonchev–Trinajstić information content (AvgIpc) is 3.25. The van der Waals surface area contributed by atoms with E-state index in [1.54, 1.807) is 0 Å². The van der Waals surface area contributed by atoms with Crippen LogP contribution in [0.25, 0.3) is 16.8 Å². The van der Waals surface area contributed by atoms with Gasteiger partial charge in [-0.1, -0.05) is 161 Å².